The fourth-order valence-electron chi connectivity index (χ4n) is 0.653. The van der Waals surface area contributed by atoms with Crippen LogP contribution in [0.3, 0.4) is 0 Å². The minimum Gasteiger partial charge on any atom is -0.351 e. The molecular weight excluding hydrogens is 150 g/mol. The molecule has 0 rings (SSSR count). The predicted octanol–water partition coefficient (Wildman–Crippen LogP) is 2.11. The SMILES string of the molecule is CCCC#CCOC(C#N)CC. The summed E-state index contributed by atoms with van der Waals surface area (Å²) in [5, 5.41) is 8.51. The molecule has 0 heterocycles. The molecule has 1 unspecified atom stereocenters. The summed E-state index contributed by atoms with van der Waals surface area (Å²) < 4.78 is 5.15. The maximum atomic E-state index is 8.51. The Morgan fingerprint density at radius 1 is 1.33 bits per heavy atom. The molecule has 0 spiro atoms. The molecule has 0 aromatic carbocycles. The highest BCUT2D eigenvalue weighted by Gasteiger charge is 2.00. The third-order valence-corrected chi connectivity index (χ3v) is 1.37. The predicted molar refractivity (Wildman–Crippen MR) is 48.3 cm³/mol. The number of nitriles is 1. The summed E-state index contributed by atoms with van der Waals surface area (Å²) in [5.74, 6) is 5.82. The van der Waals surface area contributed by atoms with Crippen LogP contribution < -0.4 is 0 Å². The van der Waals surface area contributed by atoms with Crippen LogP contribution in [0, 0.1) is 23.2 Å². The van der Waals surface area contributed by atoms with Crippen molar-refractivity contribution in [3.05, 3.63) is 0 Å². The molecule has 2 nitrogen and oxygen atoms in total. The van der Waals surface area contributed by atoms with Crippen LogP contribution in [-0.4, -0.2) is 12.7 Å². The number of unbranched alkanes of at least 4 members (excludes halogenated alkanes) is 1. The van der Waals surface area contributed by atoms with Gasteiger partial charge in [0.1, 0.15) is 12.7 Å². The van der Waals surface area contributed by atoms with Crippen LogP contribution in [0.4, 0.5) is 0 Å². The molecule has 0 fully saturated rings. The maximum Gasteiger partial charge on any atom is 0.145 e. The second kappa shape index (κ2) is 8.11. The summed E-state index contributed by atoms with van der Waals surface area (Å²) in [6.07, 6.45) is 2.42. The Morgan fingerprint density at radius 3 is 2.58 bits per heavy atom. The number of hydrogen-bond donors (Lipinski definition) is 0. The molecule has 0 aromatic heterocycles. The van der Waals surface area contributed by atoms with Crippen molar-refractivity contribution in [2.75, 3.05) is 6.61 Å². The number of rotatable bonds is 4. The van der Waals surface area contributed by atoms with E-state index < -0.39 is 0 Å². The Hall–Kier alpha value is -0.990. The second-order valence-electron chi connectivity index (χ2n) is 2.44. The van der Waals surface area contributed by atoms with Gasteiger partial charge < -0.3 is 4.74 Å². The standard InChI is InChI=1S/C10H15NO/c1-3-5-6-7-8-12-10(4-2)9-11/h10H,3-5,8H2,1-2H3. The van der Waals surface area contributed by atoms with Gasteiger partial charge in [-0.1, -0.05) is 19.8 Å². The molecule has 0 aromatic rings. The molecule has 0 saturated heterocycles. The van der Waals surface area contributed by atoms with E-state index in [1.54, 1.807) is 0 Å². The van der Waals surface area contributed by atoms with Gasteiger partial charge in [-0.3, -0.25) is 0 Å². The number of hydrogen-bond acceptors (Lipinski definition) is 2. The monoisotopic (exact) mass is 165 g/mol. The molecule has 0 saturated carbocycles. The summed E-state index contributed by atoms with van der Waals surface area (Å²) in [6.45, 7) is 4.39. The van der Waals surface area contributed by atoms with Crippen LogP contribution >= 0.6 is 0 Å². The lowest BCUT2D eigenvalue weighted by Gasteiger charge is -2.02. The lowest BCUT2D eigenvalue weighted by Crippen LogP contribution is -2.08. The van der Waals surface area contributed by atoms with E-state index >= 15 is 0 Å². The van der Waals surface area contributed by atoms with Gasteiger partial charge in [0, 0.05) is 6.42 Å². The summed E-state index contributed by atoms with van der Waals surface area (Å²) in [7, 11) is 0. The summed E-state index contributed by atoms with van der Waals surface area (Å²) in [6, 6.07) is 2.05. The fourth-order valence-corrected chi connectivity index (χ4v) is 0.653. The van der Waals surface area contributed by atoms with Crippen molar-refractivity contribution in [2.45, 2.75) is 39.2 Å². The van der Waals surface area contributed by atoms with Crippen LogP contribution in [0.5, 0.6) is 0 Å². The van der Waals surface area contributed by atoms with Gasteiger partial charge in [-0.05, 0) is 12.8 Å². The van der Waals surface area contributed by atoms with E-state index in [0.29, 0.717) is 6.61 Å². The van der Waals surface area contributed by atoms with E-state index in [9.17, 15) is 0 Å². The minimum absolute atomic E-state index is 0.291. The zero-order valence-electron chi connectivity index (χ0n) is 7.76. The van der Waals surface area contributed by atoms with E-state index in [1.165, 1.54) is 0 Å². The van der Waals surface area contributed by atoms with E-state index in [0.717, 1.165) is 19.3 Å². The Balaban J connectivity index is 3.44. The highest BCUT2D eigenvalue weighted by atomic mass is 16.5. The van der Waals surface area contributed by atoms with Crippen molar-refractivity contribution < 1.29 is 4.74 Å². The first-order chi connectivity index (χ1) is 5.85. The molecule has 0 amide bonds. The lowest BCUT2D eigenvalue weighted by atomic mass is 10.3. The zero-order chi connectivity index (χ0) is 9.23. The van der Waals surface area contributed by atoms with Gasteiger partial charge in [0.05, 0.1) is 6.07 Å². The Kier molecular flexibility index (Phi) is 7.44. The first-order valence-electron chi connectivity index (χ1n) is 4.32. The maximum absolute atomic E-state index is 8.51. The first kappa shape index (κ1) is 11.0. The normalized spacial score (nSPS) is 11.1. The van der Waals surface area contributed by atoms with Crippen LogP contribution in [-0.2, 0) is 4.74 Å². The molecule has 1 atom stereocenters. The molecule has 0 N–H and O–H groups in total. The van der Waals surface area contributed by atoms with Crippen molar-refractivity contribution >= 4 is 0 Å². The lowest BCUT2D eigenvalue weighted by molar-refractivity contribution is 0.116. The fraction of sp³-hybridized carbons (Fsp3) is 0.700. The van der Waals surface area contributed by atoms with Crippen molar-refractivity contribution in [1.29, 1.82) is 5.26 Å². The molecule has 2 heteroatoms. The molecule has 0 aliphatic rings. The molecule has 0 aliphatic heterocycles. The van der Waals surface area contributed by atoms with Gasteiger partial charge in [0.25, 0.3) is 0 Å². The van der Waals surface area contributed by atoms with Crippen LogP contribution in [0.25, 0.3) is 0 Å². The van der Waals surface area contributed by atoms with Gasteiger partial charge in [0.2, 0.25) is 0 Å². The van der Waals surface area contributed by atoms with E-state index in [2.05, 4.69) is 24.8 Å². The molecule has 0 bridgehead atoms. The van der Waals surface area contributed by atoms with Gasteiger partial charge in [-0.25, -0.2) is 0 Å². The largest absolute Gasteiger partial charge is 0.351 e. The van der Waals surface area contributed by atoms with Crippen molar-refractivity contribution in [3.63, 3.8) is 0 Å². The van der Waals surface area contributed by atoms with E-state index in [4.69, 9.17) is 10.00 Å². The topological polar surface area (TPSA) is 33.0 Å². The molecule has 12 heavy (non-hydrogen) atoms. The summed E-state index contributed by atoms with van der Waals surface area (Å²) >= 11 is 0. The quantitative estimate of drug-likeness (QED) is 0.598. The minimum atomic E-state index is -0.291. The molecular formula is C10H15NO. The Labute approximate surface area is 74.5 Å². The zero-order valence-corrected chi connectivity index (χ0v) is 7.76. The smallest absolute Gasteiger partial charge is 0.145 e. The Morgan fingerprint density at radius 2 is 2.08 bits per heavy atom. The van der Waals surface area contributed by atoms with Gasteiger partial charge >= 0.3 is 0 Å². The van der Waals surface area contributed by atoms with Crippen molar-refractivity contribution in [1.82, 2.24) is 0 Å². The number of nitrogens with zero attached hydrogens (tertiary/aromatic N) is 1. The van der Waals surface area contributed by atoms with E-state index in [-0.39, 0.29) is 6.10 Å². The molecule has 0 aliphatic carbocycles. The van der Waals surface area contributed by atoms with Crippen molar-refractivity contribution in [3.8, 4) is 17.9 Å². The third-order valence-electron chi connectivity index (χ3n) is 1.37. The Bertz CT molecular complexity index is 194. The van der Waals surface area contributed by atoms with E-state index in [1.807, 2.05) is 6.92 Å². The van der Waals surface area contributed by atoms with Gasteiger partial charge in [-0.15, -0.1) is 5.92 Å². The first-order valence-corrected chi connectivity index (χ1v) is 4.32. The number of ether oxygens (including phenoxy) is 1. The van der Waals surface area contributed by atoms with Crippen LogP contribution in [0.1, 0.15) is 33.1 Å². The third kappa shape index (κ3) is 5.77. The average molecular weight is 165 g/mol. The summed E-state index contributed by atoms with van der Waals surface area (Å²) in [4.78, 5) is 0. The molecule has 66 valence electrons. The second-order valence-corrected chi connectivity index (χ2v) is 2.44. The highest BCUT2D eigenvalue weighted by molar-refractivity contribution is 4.99. The molecule has 0 radical (unpaired) electrons. The van der Waals surface area contributed by atoms with Crippen LogP contribution in [0.15, 0.2) is 0 Å². The average Bonchev–Trinajstić information content (AvgIpc) is 2.11. The van der Waals surface area contributed by atoms with Gasteiger partial charge in [0.15, 0.2) is 0 Å². The van der Waals surface area contributed by atoms with Crippen molar-refractivity contribution in [2.24, 2.45) is 0 Å². The highest BCUT2D eigenvalue weighted by Crippen LogP contribution is 1.94. The summed E-state index contributed by atoms with van der Waals surface area (Å²) in [5.41, 5.74) is 0. The van der Waals surface area contributed by atoms with Crippen LogP contribution in [0.2, 0.25) is 0 Å². The van der Waals surface area contributed by atoms with Gasteiger partial charge in [-0.2, -0.15) is 5.26 Å².